The number of nitrogens with one attached hydrogen (secondary N) is 1. The highest BCUT2D eigenvalue weighted by atomic mass is 16.4. The lowest BCUT2D eigenvalue weighted by molar-refractivity contribution is -0.121. The number of carbonyl (C=O) groups excluding carboxylic acids is 2. The summed E-state index contributed by atoms with van der Waals surface area (Å²) in [7, 11) is 0. The molecule has 0 aromatic heterocycles. The van der Waals surface area contributed by atoms with Gasteiger partial charge in [-0.2, -0.15) is 0 Å². The molecule has 27 heavy (non-hydrogen) atoms. The molecule has 2 aromatic carbocycles. The number of imide groups is 1. The number of anilines is 2. The molecule has 1 aliphatic heterocycles. The number of rotatable bonds is 4. The zero-order valence-electron chi connectivity index (χ0n) is 15.8. The molecule has 6 nitrogen and oxygen atoms in total. The lowest BCUT2D eigenvalue weighted by Crippen LogP contribution is -2.35. The summed E-state index contributed by atoms with van der Waals surface area (Å²) >= 11 is 0. The number of carbonyl (C=O) groups is 3. The van der Waals surface area contributed by atoms with Crippen molar-refractivity contribution in [1.82, 2.24) is 0 Å². The minimum Gasteiger partial charge on any atom is -0.478 e. The minimum atomic E-state index is -1.10. The zero-order chi connectivity index (χ0) is 19.9. The first-order valence-electron chi connectivity index (χ1n) is 8.74. The van der Waals surface area contributed by atoms with Crippen molar-refractivity contribution in [3.63, 3.8) is 0 Å². The summed E-state index contributed by atoms with van der Waals surface area (Å²) in [5.74, 6) is -1.81. The van der Waals surface area contributed by atoms with Crippen LogP contribution in [0.5, 0.6) is 0 Å². The molecule has 140 valence electrons. The van der Waals surface area contributed by atoms with Gasteiger partial charge in [-0.25, -0.2) is 9.69 Å². The first kappa shape index (κ1) is 18.6. The van der Waals surface area contributed by atoms with Crippen LogP contribution < -0.4 is 10.2 Å². The molecule has 0 aliphatic carbocycles. The van der Waals surface area contributed by atoms with Gasteiger partial charge in [-0.1, -0.05) is 23.8 Å². The second-order valence-electron chi connectivity index (χ2n) is 7.05. The van der Waals surface area contributed by atoms with Crippen LogP contribution in [-0.2, 0) is 9.59 Å². The van der Waals surface area contributed by atoms with E-state index < -0.39 is 12.0 Å². The van der Waals surface area contributed by atoms with Crippen LogP contribution in [0.15, 0.2) is 30.3 Å². The van der Waals surface area contributed by atoms with E-state index in [1.54, 1.807) is 13.0 Å². The number of carboxylic acids is 1. The maximum atomic E-state index is 12.9. The predicted molar refractivity (Wildman–Crippen MR) is 103 cm³/mol. The normalized spacial score (nSPS) is 16.7. The molecule has 0 radical (unpaired) electrons. The first-order valence-corrected chi connectivity index (χ1v) is 8.74. The van der Waals surface area contributed by atoms with Crippen molar-refractivity contribution in [3.05, 3.63) is 58.1 Å². The Labute approximate surface area is 157 Å². The van der Waals surface area contributed by atoms with Gasteiger partial charge in [-0.3, -0.25) is 9.59 Å². The van der Waals surface area contributed by atoms with Crippen LogP contribution in [0, 0.1) is 27.7 Å². The van der Waals surface area contributed by atoms with Crippen LogP contribution in [0.2, 0.25) is 0 Å². The average molecular weight is 366 g/mol. The minimum absolute atomic E-state index is 0.0301. The maximum absolute atomic E-state index is 12.9. The monoisotopic (exact) mass is 366 g/mol. The molecule has 0 bridgehead atoms. The van der Waals surface area contributed by atoms with Crippen molar-refractivity contribution in [2.75, 3.05) is 10.2 Å². The third-order valence-corrected chi connectivity index (χ3v) is 4.84. The SMILES string of the molecule is Cc1cc(C)c(N[C@@H]2CC(=O)N(c3cc(C(=O)O)ccc3C)C2=O)c(C)c1. The topological polar surface area (TPSA) is 86.7 Å². The maximum Gasteiger partial charge on any atom is 0.335 e. The van der Waals surface area contributed by atoms with Crippen molar-refractivity contribution < 1.29 is 19.5 Å². The molecule has 1 saturated heterocycles. The Kier molecular flexibility index (Phi) is 4.74. The fourth-order valence-electron chi connectivity index (χ4n) is 3.56. The number of benzene rings is 2. The van der Waals surface area contributed by atoms with Gasteiger partial charge < -0.3 is 10.4 Å². The molecule has 1 fully saturated rings. The largest absolute Gasteiger partial charge is 0.478 e. The number of amides is 2. The lowest BCUT2D eigenvalue weighted by atomic mass is 10.0. The van der Waals surface area contributed by atoms with Crippen LogP contribution in [-0.4, -0.2) is 28.9 Å². The van der Waals surface area contributed by atoms with Crippen molar-refractivity contribution in [3.8, 4) is 0 Å². The summed E-state index contributed by atoms with van der Waals surface area (Å²) in [4.78, 5) is 37.8. The Bertz CT molecular complexity index is 942. The Morgan fingerprint density at radius 1 is 1.04 bits per heavy atom. The van der Waals surface area contributed by atoms with E-state index >= 15 is 0 Å². The Morgan fingerprint density at radius 3 is 2.26 bits per heavy atom. The molecular formula is C21H22N2O4. The van der Waals surface area contributed by atoms with Crippen molar-refractivity contribution in [2.24, 2.45) is 0 Å². The summed E-state index contributed by atoms with van der Waals surface area (Å²) in [5.41, 5.74) is 5.04. The molecule has 3 rings (SSSR count). The van der Waals surface area contributed by atoms with Gasteiger partial charge in [0.05, 0.1) is 17.7 Å². The molecule has 6 heteroatoms. The summed E-state index contributed by atoms with van der Waals surface area (Å²) in [6.45, 7) is 7.67. The number of hydrogen-bond donors (Lipinski definition) is 2. The molecule has 1 heterocycles. The highest BCUT2D eigenvalue weighted by molar-refractivity contribution is 6.23. The van der Waals surface area contributed by atoms with Gasteiger partial charge in [0.2, 0.25) is 5.91 Å². The van der Waals surface area contributed by atoms with Crippen LogP contribution in [0.3, 0.4) is 0 Å². The van der Waals surface area contributed by atoms with Gasteiger partial charge in [0, 0.05) is 5.69 Å². The lowest BCUT2D eigenvalue weighted by Gasteiger charge is -2.20. The quantitative estimate of drug-likeness (QED) is 0.810. The van der Waals surface area contributed by atoms with E-state index in [1.165, 1.54) is 12.1 Å². The Balaban J connectivity index is 1.93. The van der Waals surface area contributed by atoms with E-state index in [0.29, 0.717) is 11.3 Å². The molecule has 0 spiro atoms. The smallest absolute Gasteiger partial charge is 0.335 e. The van der Waals surface area contributed by atoms with Crippen LogP contribution in [0.4, 0.5) is 11.4 Å². The average Bonchev–Trinajstić information content (AvgIpc) is 2.85. The predicted octanol–water partition coefficient (Wildman–Crippen LogP) is 3.36. The van der Waals surface area contributed by atoms with Gasteiger partial charge in [0.15, 0.2) is 0 Å². The number of carboxylic acid groups (broad SMARTS) is 1. The van der Waals surface area contributed by atoms with Gasteiger partial charge in [-0.05, 0) is 56.5 Å². The summed E-state index contributed by atoms with van der Waals surface area (Å²) < 4.78 is 0. The zero-order valence-corrected chi connectivity index (χ0v) is 15.8. The second-order valence-corrected chi connectivity index (χ2v) is 7.05. The summed E-state index contributed by atoms with van der Waals surface area (Å²) in [6.07, 6.45) is 0.0301. The molecule has 2 amide bonds. The van der Waals surface area contributed by atoms with Crippen LogP contribution in [0.1, 0.15) is 39.0 Å². The molecule has 0 saturated carbocycles. The molecule has 1 atom stereocenters. The van der Waals surface area contributed by atoms with E-state index in [4.69, 9.17) is 0 Å². The van der Waals surface area contributed by atoms with Crippen molar-refractivity contribution in [1.29, 1.82) is 0 Å². The van der Waals surface area contributed by atoms with E-state index in [2.05, 4.69) is 5.32 Å². The van der Waals surface area contributed by atoms with Gasteiger partial charge in [0.25, 0.3) is 5.91 Å². The van der Waals surface area contributed by atoms with Gasteiger partial charge >= 0.3 is 5.97 Å². The second kappa shape index (κ2) is 6.87. The number of hydrogen-bond acceptors (Lipinski definition) is 4. The van der Waals surface area contributed by atoms with E-state index in [0.717, 1.165) is 27.3 Å². The van der Waals surface area contributed by atoms with Crippen molar-refractivity contribution in [2.45, 2.75) is 40.2 Å². The first-order chi connectivity index (χ1) is 12.7. The number of aromatic carboxylic acids is 1. The molecule has 2 aromatic rings. The third kappa shape index (κ3) is 3.43. The van der Waals surface area contributed by atoms with E-state index in [1.807, 2.05) is 32.9 Å². The van der Waals surface area contributed by atoms with E-state index in [-0.39, 0.29) is 23.8 Å². The highest BCUT2D eigenvalue weighted by Crippen LogP contribution is 2.30. The number of aryl methyl sites for hydroxylation is 4. The standard InChI is InChI=1S/C21H22N2O4/c1-11-7-13(3)19(14(4)8-11)22-16-10-18(24)23(20(16)25)17-9-15(21(26)27)6-5-12(17)2/h5-9,16,22H,10H2,1-4H3,(H,26,27)/t16-/m1/s1. The van der Waals surface area contributed by atoms with E-state index in [9.17, 15) is 19.5 Å². The van der Waals surface area contributed by atoms with Gasteiger partial charge in [0.1, 0.15) is 6.04 Å². The molecule has 2 N–H and O–H groups in total. The fourth-order valence-corrected chi connectivity index (χ4v) is 3.56. The van der Waals surface area contributed by atoms with Crippen LogP contribution in [0.25, 0.3) is 0 Å². The highest BCUT2D eigenvalue weighted by Gasteiger charge is 2.40. The Hall–Kier alpha value is -3.15. The fraction of sp³-hybridized carbons (Fsp3) is 0.286. The summed E-state index contributed by atoms with van der Waals surface area (Å²) in [6, 6.07) is 7.81. The van der Waals surface area contributed by atoms with Gasteiger partial charge in [-0.15, -0.1) is 0 Å². The molecule has 1 aliphatic rings. The van der Waals surface area contributed by atoms with Crippen molar-refractivity contribution >= 4 is 29.2 Å². The van der Waals surface area contributed by atoms with Crippen LogP contribution >= 0.6 is 0 Å². The third-order valence-electron chi connectivity index (χ3n) is 4.84. The summed E-state index contributed by atoms with van der Waals surface area (Å²) in [5, 5.41) is 12.4. The Morgan fingerprint density at radius 2 is 1.67 bits per heavy atom. The number of nitrogens with zero attached hydrogens (tertiary/aromatic N) is 1. The molecule has 0 unspecified atom stereocenters. The molecular weight excluding hydrogens is 344 g/mol.